The molecule has 0 fully saturated rings. The van der Waals surface area contributed by atoms with Gasteiger partial charge in [-0.1, -0.05) is 6.92 Å². The lowest BCUT2D eigenvalue weighted by molar-refractivity contribution is 0.605. The van der Waals surface area contributed by atoms with Crippen LogP contribution in [0, 0.1) is 6.92 Å². The van der Waals surface area contributed by atoms with Crippen molar-refractivity contribution in [3.63, 3.8) is 0 Å². The fourth-order valence-corrected chi connectivity index (χ4v) is 5.99. The number of nitrogens with one attached hydrogen (secondary N) is 1. The lowest BCUT2D eigenvalue weighted by Gasteiger charge is -2.17. The standard InChI is InChI=1S/C16H20BrNS2/c1-3-7-18-16(12-9-15(17)19-10(12)2)14-8-11-5-4-6-13(11)20-14/h8-9,16,18H,3-7H2,1-2H3. The van der Waals surface area contributed by atoms with Gasteiger partial charge in [-0.15, -0.1) is 22.7 Å². The van der Waals surface area contributed by atoms with Crippen molar-refractivity contribution >= 4 is 38.6 Å². The number of fused-ring (bicyclic) bond motifs is 1. The first kappa shape index (κ1) is 14.8. The van der Waals surface area contributed by atoms with E-state index >= 15 is 0 Å². The van der Waals surface area contributed by atoms with Crippen molar-refractivity contribution in [3.8, 4) is 0 Å². The van der Waals surface area contributed by atoms with Crippen LogP contribution in [0.25, 0.3) is 0 Å². The highest BCUT2D eigenvalue weighted by molar-refractivity contribution is 9.11. The lowest BCUT2D eigenvalue weighted by Crippen LogP contribution is -2.22. The molecular weight excluding hydrogens is 350 g/mol. The van der Waals surface area contributed by atoms with E-state index in [4.69, 9.17) is 0 Å². The van der Waals surface area contributed by atoms with E-state index in [1.807, 2.05) is 22.7 Å². The Bertz CT molecular complexity index is 578. The van der Waals surface area contributed by atoms with Crippen molar-refractivity contribution in [2.75, 3.05) is 6.54 Å². The molecule has 1 nitrogen and oxygen atoms in total. The molecule has 1 atom stereocenters. The van der Waals surface area contributed by atoms with Gasteiger partial charge in [-0.3, -0.25) is 0 Å². The maximum Gasteiger partial charge on any atom is 0.0704 e. The van der Waals surface area contributed by atoms with Gasteiger partial charge in [-0.05, 0) is 78.3 Å². The number of halogens is 1. The second-order valence-electron chi connectivity index (χ2n) is 5.40. The molecule has 20 heavy (non-hydrogen) atoms. The third-order valence-electron chi connectivity index (χ3n) is 3.89. The molecule has 0 saturated carbocycles. The van der Waals surface area contributed by atoms with E-state index in [0.29, 0.717) is 6.04 Å². The predicted octanol–water partition coefficient (Wildman–Crippen LogP) is 5.46. The molecule has 0 spiro atoms. The van der Waals surface area contributed by atoms with Crippen molar-refractivity contribution in [2.24, 2.45) is 0 Å². The van der Waals surface area contributed by atoms with E-state index in [1.54, 1.807) is 10.4 Å². The zero-order valence-corrected chi connectivity index (χ0v) is 15.2. The van der Waals surface area contributed by atoms with Gasteiger partial charge >= 0.3 is 0 Å². The number of rotatable bonds is 5. The summed E-state index contributed by atoms with van der Waals surface area (Å²) in [4.78, 5) is 4.53. The SMILES string of the molecule is CCCNC(c1cc2c(s1)CCC2)c1cc(Br)sc1C. The summed E-state index contributed by atoms with van der Waals surface area (Å²) in [6.07, 6.45) is 5.08. The first-order valence-electron chi connectivity index (χ1n) is 7.29. The minimum atomic E-state index is 0.369. The maximum atomic E-state index is 3.74. The lowest BCUT2D eigenvalue weighted by atomic mass is 10.1. The summed E-state index contributed by atoms with van der Waals surface area (Å²) in [5.41, 5.74) is 3.04. The largest absolute Gasteiger partial charge is 0.306 e. The molecule has 0 amide bonds. The molecule has 108 valence electrons. The number of hydrogen-bond acceptors (Lipinski definition) is 3. The molecule has 0 aromatic carbocycles. The van der Waals surface area contributed by atoms with Crippen molar-refractivity contribution in [2.45, 2.75) is 45.6 Å². The molecule has 0 saturated heterocycles. The van der Waals surface area contributed by atoms with Crippen molar-refractivity contribution in [1.82, 2.24) is 5.32 Å². The third kappa shape index (κ3) is 2.89. The number of hydrogen-bond donors (Lipinski definition) is 1. The summed E-state index contributed by atoms with van der Waals surface area (Å²) < 4.78 is 1.23. The summed E-state index contributed by atoms with van der Waals surface area (Å²) in [6.45, 7) is 5.53. The first-order chi connectivity index (χ1) is 9.69. The second kappa shape index (κ2) is 6.30. The number of aryl methyl sites for hydroxylation is 3. The van der Waals surface area contributed by atoms with Crippen molar-refractivity contribution in [1.29, 1.82) is 0 Å². The third-order valence-corrected chi connectivity index (χ3v) is 6.76. The Balaban J connectivity index is 1.94. The Labute approximate surface area is 137 Å². The van der Waals surface area contributed by atoms with Crippen LogP contribution in [-0.4, -0.2) is 6.54 Å². The molecule has 1 N–H and O–H groups in total. The minimum Gasteiger partial charge on any atom is -0.306 e. The van der Waals surface area contributed by atoms with Crippen LogP contribution < -0.4 is 5.32 Å². The molecule has 3 rings (SSSR count). The van der Waals surface area contributed by atoms with Crippen LogP contribution >= 0.6 is 38.6 Å². The average molecular weight is 370 g/mol. The van der Waals surface area contributed by atoms with Crippen LogP contribution in [0.1, 0.15) is 51.6 Å². The molecule has 2 aromatic heterocycles. The van der Waals surface area contributed by atoms with E-state index in [-0.39, 0.29) is 0 Å². The normalized spacial score (nSPS) is 15.6. The summed E-state index contributed by atoms with van der Waals surface area (Å²) >= 11 is 7.49. The Morgan fingerprint density at radius 1 is 1.30 bits per heavy atom. The molecule has 0 bridgehead atoms. The van der Waals surface area contributed by atoms with Crippen molar-refractivity contribution < 1.29 is 0 Å². The van der Waals surface area contributed by atoms with Crippen LogP contribution in [0.15, 0.2) is 15.9 Å². The van der Waals surface area contributed by atoms with E-state index in [1.165, 1.54) is 44.8 Å². The van der Waals surface area contributed by atoms with Gasteiger partial charge < -0.3 is 5.32 Å². The fraction of sp³-hybridized carbons (Fsp3) is 0.500. The predicted molar refractivity (Wildman–Crippen MR) is 93.2 cm³/mol. The summed E-state index contributed by atoms with van der Waals surface area (Å²) in [5, 5.41) is 3.74. The van der Waals surface area contributed by atoms with E-state index in [9.17, 15) is 0 Å². The van der Waals surface area contributed by atoms with Gasteiger partial charge in [0.05, 0.1) is 9.83 Å². The Kier molecular flexibility index (Phi) is 4.65. The van der Waals surface area contributed by atoms with Gasteiger partial charge in [-0.2, -0.15) is 0 Å². The Hall–Kier alpha value is -0.160. The highest BCUT2D eigenvalue weighted by Crippen LogP contribution is 2.39. The van der Waals surface area contributed by atoms with Crippen LogP contribution in [0.3, 0.4) is 0 Å². The molecule has 1 aliphatic rings. The summed E-state index contributed by atoms with van der Waals surface area (Å²) in [6, 6.07) is 5.11. The van der Waals surface area contributed by atoms with E-state index in [0.717, 1.165) is 6.54 Å². The monoisotopic (exact) mass is 369 g/mol. The van der Waals surface area contributed by atoms with Crippen LogP contribution in [0.5, 0.6) is 0 Å². The molecule has 4 heteroatoms. The molecule has 1 unspecified atom stereocenters. The molecule has 1 aliphatic carbocycles. The Morgan fingerprint density at radius 2 is 2.15 bits per heavy atom. The molecule has 2 aromatic rings. The first-order valence-corrected chi connectivity index (χ1v) is 9.72. The van der Waals surface area contributed by atoms with Gasteiger partial charge in [0.15, 0.2) is 0 Å². The molecule has 2 heterocycles. The second-order valence-corrected chi connectivity index (χ2v) is 9.20. The molecule has 0 radical (unpaired) electrons. The van der Waals surface area contributed by atoms with Crippen LogP contribution in [0.2, 0.25) is 0 Å². The number of thiophene rings is 2. The van der Waals surface area contributed by atoms with Gasteiger partial charge in [0.2, 0.25) is 0 Å². The quantitative estimate of drug-likeness (QED) is 0.737. The van der Waals surface area contributed by atoms with Crippen molar-refractivity contribution in [3.05, 3.63) is 41.7 Å². The fourth-order valence-electron chi connectivity index (χ4n) is 2.89. The van der Waals surface area contributed by atoms with E-state index < -0.39 is 0 Å². The van der Waals surface area contributed by atoms with E-state index in [2.05, 4.69) is 47.2 Å². The molecular formula is C16H20BrNS2. The van der Waals surface area contributed by atoms with Gasteiger partial charge in [0.1, 0.15) is 0 Å². The smallest absolute Gasteiger partial charge is 0.0704 e. The average Bonchev–Trinajstić information content (AvgIpc) is 3.05. The highest BCUT2D eigenvalue weighted by Gasteiger charge is 2.23. The van der Waals surface area contributed by atoms with Gasteiger partial charge in [-0.25, -0.2) is 0 Å². The summed E-state index contributed by atoms with van der Waals surface area (Å²) in [5.74, 6) is 0. The molecule has 0 aliphatic heterocycles. The zero-order valence-electron chi connectivity index (χ0n) is 12.0. The zero-order chi connectivity index (χ0) is 14.1. The highest BCUT2D eigenvalue weighted by atomic mass is 79.9. The van der Waals surface area contributed by atoms with Crippen LogP contribution in [-0.2, 0) is 12.8 Å². The van der Waals surface area contributed by atoms with Crippen LogP contribution in [0.4, 0.5) is 0 Å². The summed E-state index contributed by atoms with van der Waals surface area (Å²) in [7, 11) is 0. The van der Waals surface area contributed by atoms with Gasteiger partial charge in [0, 0.05) is 14.6 Å². The Morgan fingerprint density at radius 3 is 2.80 bits per heavy atom. The maximum absolute atomic E-state index is 3.74. The topological polar surface area (TPSA) is 12.0 Å². The van der Waals surface area contributed by atoms with Gasteiger partial charge in [0.25, 0.3) is 0 Å². The minimum absolute atomic E-state index is 0.369.